The number of hydrogen-bond donors (Lipinski definition) is 1. The van der Waals surface area contributed by atoms with Crippen LogP contribution in [0.3, 0.4) is 0 Å². The molecule has 0 saturated carbocycles. The summed E-state index contributed by atoms with van der Waals surface area (Å²) in [5, 5.41) is 0.339. The van der Waals surface area contributed by atoms with Gasteiger partial charge in [-0.2, -0.15) is 0 Å². The molecule has 3 aromatic rings. The first-order chi connectivity index (χ1) is 14.4. The standard InChI is InChI=1S/C22H24N2O6/c1-13(25)6-5-7-30-17-9-14(8-15(10-17)27-2)21-23-18-11-16(28-3)12-19(29-4)20(18)22(26)24-21/h8-12H,5-7H2,1-4H3,(H,23,24,26). The number of aromatic amines is 1. The van der Waals surface area contributed by atoms with Crippen LogP contribution in [0.15, 0.2) is 35.1 Å². The maximum absolute atomic E-state index is 12.8. The van der Waals surface area contributed by atoms with Crippen molar-refractivity contribution in [1.29, 1.82) is 0 Å². The summed E-state index contributed by atoms with van der Waals surface area (Å²) in [7, 11) is 4.57. The second-order valence-corrected chi connectivity index (χ2v) is 6.69. The van der Waals surface area contributed by atoms with Gasteiger partial charge < -0.3 is 28.7 Å². The fourth-order valence-corrected chi connectivity index (χ4v) is 3.05. The monoisotopic (exact) mass is 412 g/mol. The fraction of sp³-hybridized carbons (Fsp3) is 0.318. The largest absolute Gasteiger partial charge is 0.497 e. The molecule has 0 unspecified atom stereocenters. The van der Waals surface area contributed by atoms with Gasteiger partial charge in [0, 0.05) is 30.2 Å². The van der Waals surface area contributed by atoms with Crippen LogP contribution in [-0.4, -0.2) is 43.7 Å². The summed E-state index contributed by atoms with van der Waals surface area (Å²) in [5.41, 5.74) is 0.731. The normalized spacial score (nSPS) is 10.7. The second-order valence-electron chi connectivity index (χ2n) is 6.69. The molecule has 2 aromatic carbocycles. The molecule has 3 rings (SSSR count). The van der Waals surface area contributed by atoms with Gasteiger partial charge in [-0.3, -0.25) is 4.79 Å². The fourth-order valence-electron chi connectivity index (χ4n) is 3.05. The van der Waals surface area contributed by atoms with Crippen molar-refractivity contribution in [3.05, 3.63) is 40.7 Å². The third kappa shape index (κ3) is 4.71. The minimum absolute atomic E-state index is 0.119. The Bertz CT molecular complexity index is 1120. The van der Waals surface area contributed by atoms with E-state index in [9.17, 15) is 9.59 Å². The van der Waals surface area contributed by atoms with Crippen molar-refractivity contribution in [3.8, 4) is 34.4 Å². The molecule has 0 amide bonds. The van der Waals surface area contributed by atoms with Gasteiger partial charge in [0.25, 0.3) is 5.56 Å². The Morgan fingerprint density at radius 1 is 0.967 bits per heavy atom. The Morgan fingerprint density at radius 3 is 2.33 bits per heavy atom. The van der Waals surface area contributed by atoms with Crippen LogP contribution < -0.4 is 24.5 Å². The van der Waals surface area contributed by atoms with E-state index in [-0.39, 0.29) is 11.3 Å². The van der Waals surface area contributed by atoms with E-state index in [1.165, 1.54) is 14.2 Å². The molecule has 8 nitrogen and oxygen atoms in total. The minimum Gasteiger partial charge on any atom is -0.497 e. The Balaban J connectivity index is 2.02. The molecule has 0 atom stereocenters. The van der Waals surface area contributed by atoms with Gasteiger partial charge in [0.15, 0.2) is 0 Å². The van der Waals surface area contributed by atoms with Crippen LogP contribution in [-0.2, 0) is 4.79 Å². The van der Waals surface area contributed by atoms with Gasteiger partial charge in [-0.1, -0.05) is 0 Å². The number of nitrogens with one attached hydrogen (secondary N) is 1. The molecule has 0 aliphatic heterocycles. The third-order valence-corrected chi connectivity index (χ3v) is 4.53. The molecule has 0 radical (unpaired) electrons. The average Bonchev–Trinajstić information content (AvgIpc) is 2.75. The summed E-state index contributed by atoms with van der Waals surface area (Å²) in [4.78, 5) is 31.2. The van der Waals surface area contributed by atoms with Crippen LogP contribution in [0, 0.1) is 0 Å². The zero-order chi connectivity index (χ0) is 21.7. The summed E-state index contributed by atoms with van der Waals surface area (Å²) < 4.78 is 21.7. The molecule has 0 fully saturated rings. The summed E-state index contributed by atoms with van der Waals surface area (Å²) in [6.07, 6.45) is 1.08. The van der Waals surface area contributed by atoms with Crippen LogP contribution in [0.2, 0.25) is 0 Å². The van der Waals surface area contributed by atoms with Crippen molar-refractivity contribution in [2.45, 2.75) is 19.8 Å². The molecule has 0 bridgehead atoms. The Kier molecular flexibility index (Phi) is 6.56. The minimum atomic E-state index is -0.332. The maximum Gasteiger partial charge on any atom is 0.262 e. The first-order valence-corrected chi connectivity index (χ1v) is 9.43. The number of ether oxygens (including phenoxy) is 4. The van der Waals surface area contributed by atoms with E-state index in [4.69, 9.17) is 18.9 Å². The highest BCUT2D eigenvalue weighted by Crippen LogP contribution is 2.31. The number of Topliss-reactive ketones (excluding diaryl/α,β-unsaturated/α-hetero) is 1. The number of aromatic nitrogens is 2. The zero-order valence-electron chi connectivity index (χ0n) is 17.4. The van der Waals surface area contributed by atoms with Crippen molar-refractivity contribution < 1.29 is 23.7 Å². The second kappa shape index (κ2) is 9.30. The number of carbonyl (C=O) groups is 1. The first kappa shape index (κ1) is 21.2. The van der Waals surface area contributed by atoms with E-state index >= 15 is 0 Å². The van der Waals surface area contributed by atoms with E-state index in [2.05, 4.69) is 9.97 Å². The lowest BCUT2D eigenvalue weighted by molar-refractivity contribution is -0.117. The third-order valence-electron chi connectivity index (χ3n) is 4.53. The van der Waals surface area contributed by atoms with Crippen LogP contribution in [0.5, 0.6) is 23.0 Å². The van der Waals surface area contributed by atoms with Crippen molar-refractivity contribution in [2.75, 3.05) is 27.9 Å². The van der Waals surface area contributed by atoms with Crippen molar-refractivity contribution in [3.63, 3.8) is 0 Å². The van der Waals surface area contributed by atoms with Gasteiger partial charge in [-0.25, -0.2) is 4.98 Å². The molecule has 8 heteroatoms. The summed E-state index contributed by atoms with van der Waals surface area (Å²) in [6.45, 7) is 1.94. The van der Waals surface area contributed by atoms with E-state index in [0.29, 0.717) is 64.7 Å². The van der Waals surface area contributed by atoms with Crippen molar-refractivity contribution in [2.24, 2.45) is 0 Å². The van der Waals surface area contributed by atoms with E-state index in [1.807, 2.05) is 0 Å². The molecule has 1 aromatic heterocycles. The Morgan fingerprint density at radius 2 is 1.67 bits per heavy atom. The SMILES string of the molecule is COc1cc(OCCCC(C)=O)cc(-c2nc3cc(OC)cc(OC)c3c(=O)[nH]2)c1. The number of benzene rings is 2. The lowest BCUT2D eigenvalue weighted by Gasteiger charge is -2.12. The van der Waals surface area contributed by atoms with Gasteiger partial charge in [0.05, 0.1) is 33.5 Å². The van der Waals surface area contributed by atoms with Crippen molar-refractivity contribution in [1.82, 2.24) is 9.97 Å². The lowest BCUT2D eigenvalue weighted by atomic mass is 10.1. The highest BCUT2D eigenvalue weighted by Gasteiger charge is 2.14. The molecule has 0 aliphatic rings. The molecular weight excluding hydrogens is 388 g/mol. The summed E-state index contributed by atoms with van der Waals surface area (Å²) >= 11 is 0. The molecule has 1 N–H and O–H groups in total. The number of nitrogens with zero attached hydrogens (tertiary/aromatic N) is 1. The predicted octanol–water partition coefficient (Wildman–Crippen LogP) is 3.36. The van der Waals surface area contributed by atoms with Crippen LogP contribution in [0.1, 0.15) is 19.8 Å². The summed E-state index contributed by atoms with van der Waals surface area (Å²) in [5.74, 6) is 2.50. The van der Waals surface area contributed by atoms with Crippen LogP contribution in [0.4, 0.5) is 0 Å². The van der Waals surface area contributed by atoms with E-state index in [1.54, 1.807) is 44.4 Å². The highest BCUT2D eigenvalue weighted by atomic mass is 16.5. The van der Waals surface area contributed by atoms with Gasteiger partial charge in [-0.15, -0.1) is 0 Å². The molecule has 158 valence electrons. The number of rotatable bonds is 9. The molecule has 0 spiro atoms. The van der Waals surface area contributed by atoms with E-state index in [0.717, 1.165) is 0 Å². The lowest BCUT2D eigenvalue weighted by Crippen LogP contribution is -2.11. The number of methoxy groups -OCH3 is 3. The van der Waals surface area contributed by atoms with E-state index < -0.39 is 0 Å². The number of hydrogen-bond acceptors (Lipinski definition) is 7. The molecule has 30 heavy (non-hydrogen) atoms. The topological polar surface area (TPSA) is 99.7 Å². The molecule has 1 heterocycles. The van der Waals surface area contributed by atoms with Gasteiger partial charge in [0.2, 0.25) is 0 Å². The van der Waals surface area contributed by atoms with Gasteiger partial charge >= 0.3 is 0 Å². The molecule has 0 saturated heterocycles. The number of fused-ring (bicyclic) bond motifs is 1. The summed E-state index contributed by atoms with van der Waals surface area (Å²) in [6, 6.07) is 8.57. The smallest absolute Gasteiger partial charge is 0.262 e. The van der Waals surface area contributed by atoms with Gasteiger partial charge in [-0.05, 0) is 25.5 Å². The van der Waals surface area contributed by atoms with Crippen LogP contribution in [0.25, 0.3) is 22.3 Å². The number of ketones is 1. The number of carbonyl (C=O) groups excluding carboxylic acids is 1. The Hall–Kier alpha value is -3.55. The number of H-pyrrole nitrogens is 1. The zero-order valence-corrected chi connectivity index (χ0v) is 17.4. The average molecular weight is 412 g/mol. The van der Waals surface area contributed by atoms with Gasteiger partial charge in [0.1, 0.15) is 40.0 Å². The predicted molar refractivity (Wildman–Crippen MR) is 113 cm³/mol. The Labute approximate surface area is 173 Å². The van der Waals surface area contributed by atoms with Crippen molar-refractivity contribution >= 4 is 16.7 Å². The maximum atomic E-state index is 12.8. The van der Waals surface area contributed by atoms with Crippen LogP contribution >= 0.6 is 0 Å². The highest BCUT2D eigenvalue weighted by molar-refractivity contribution is 5.87. The molecule has 0 aliphatic carbocycles. The molecular formula is C22H24N2O6. The quantitative estimate of drug-likeness (QED) is 0.538. The first-order valence-electron chi connectivity index (χ1n) is 9.43.